The molecule has 0 saturated heterocycles. The van der Waals surface area contributed by atoms with E-state index in [0.717, 1.165) is 25.0 Å². The first-order chi connectivity index (χ1) is 14.0. The van der Waals surface area contributed by atoms with Crippen molar-refractivity contribution in [2.24, 2.45) is 27.8 Å². The first-order valence-corrected chi connectivity index (χ1v) is 11.0. The number of aromatic nitrogens is 1. The number of rotatable bonds is 3. The van der Waals surface area contributed by atoms with Gasteiger partial charge in [0.2, 0.25) is 0 Å². The average molecular weight is 391 g/mol. The Kier molecular flexibility index (Phi) is 4.30. The number of fused-ring (bicyclic) bond motifs is 5. The zero-order chi connectivity index (χ0) is 20.2. The van der Waals surface area contributed by atoms with Gasteiger partial charge in [0.1, 0.15) is 11.8 Å². The highest BCUT2D eigenvalue weighted by molar-refractivity contribution is 5.78. The van der Waals surface area contributed by atoms with Crippen LogP contribution in [0, 0.1) is 27.6 Å². The summed E-state index contributed by atoms with van der Waals surface area (Å²) in [4.78, 5) is 15.5. The van der Waals surface area contributed by atoms with Crippen LogP contribution in [-0.2, 0) is 0 Å². The summed E-state index contributed by atoms with van der Waals surface area (Å²) in [6.07, 6.45) is 17.4. The topological polar surface area (TPSA) is 51.6 Å². The minimum Gasteiger partial charge on any atom is -0.495 e. The molecule has 152 valence electrons. The second kappa shape index (κ2) is 6.65. The number of methoxy groups -OCH3 is 1. The lowest BCUT2D eigenvalue weighted by atomic mass is 9.48. The van der Waals surface area contributed by atoms with Crippen molar-refractivity contribution in [2.45, 2.75) is 58.4 Å². The monoisotopic (exact) mass is 390 g/mol. The molecule has 4 aliphatic carbocycles. The van der Waals surface area contributed by atoms with Crippen molar-refractivity contribution in [3.63, 3.8) is 0 Å². The van der Waals surface area contributed by atoms with Gasteiger partial charge in [-0.2, -0.15) is 4.91 Å². The van der Waals surface area contributed by atoms with Crippen molar-refractivity contribution in [3.05, 3.63) is 58.3 Å². The van der Waals surface area contributed by atoms with E-state index in [9.17, 15) is 4.91 Å². The predicted octanol–water partition coefficient (Wildman–Crippen LogP) is 6.10. The molecule has 5 rings (SSSR count). The van der Waals surface area contributed by atoms with Crippen LogP contribution >= 0.6 is 0 Å². The Balaban J connectivity index is 1.46. The number of hydrogen-bond donors (Lipinski definition) is 0. The molecule has 0 spiro atoms. The van der Waals surface area contributed by atoms with Crippen LogP contribution in [0.5, 0.6) is 5.75 Å². The maximum Gasteiger partial charge on any atom is 0.137 e. The molecule has 2 saturated carbocycles. The van der Waals surface area contributed by atoms with Gasteiger partial charge in [-0.3, -0.25) is 4.98 Å². The highest BCUT2D eigenvalue weighted by atomic mass is 16.5. The van der Waals surface area contributed by atoms with E-state index in [1.54, 1.807) is 18.9 Å². The molecule has 1 aromatic rings. The molecule has 4 heteroatoms. The molecule has 1 unspecified atom stereocenters. The molecule has 1 aromatic heterocycles. The van der Waals surface area contributed by atoms with E-state index < -0.39 is 0 Å². The number of hydrogen-bond acceptors (Lipinski definition) is 4. The van der Waals surface area contributed by atoms with Gasteiger partial charge in [-0.25, -0.2) is 0 Å². The Bertz CT molecular complexity index is 946. The first kappa shape index (κ1) is 18.8. The summed E-state index contributed by atoms with van der Waals surface area (Å²) in [6, 6.07) is 2.01. The van der Waals surface area contributed by atoms with Crippen LogP contribution in [0.1, 0.15) is 57.9 Å². The van der Waals surface area contributed by atoms with E-state index in [0.29, 0.717) is 11.8 Å². The largest absolute Gasteiger partial charge is 0.495 e. The van der Waals surface area contributed by atoms with Gasteiger partial charge in [0.15, 0.2) is 0 Å². The van der Waals surface area contributed by atoms with Crippen LogP contribution in [0.4, 0.5) is 0 Å². The Morgan fingerprint density at radius 1 is 1.14 bits per heavy atom. The SMILES string of the molecule is COc1cncc(C2=CC=C3[C@@H]4CCC5=CC(N=O)CC[C@]5(C)[C@H]4CC[C@]23C)c1. The smallest absolute Gasteiger partial charge is 0.137 e. The Morgan fingerprint density at radius 3 is 2.79 bits per heavy atom. The Morgan fingerprint density at radius 2 is 2.00 bits per heavy atom. The number of allylic oxidation sites excluding steroid dienone is 5. The van der Waals surface area contributed by atoms with Gasteiger partial charge in [-0.15, -0.1) is 0 Å². The quantitative estimate of drug-likeness (QED) is 0.463. The molecule has 0 radical (unpaired) electrons. The molecule has 1 heterocycles. The maximum atomic E-state index is 11.1. The van der Waals surface area contributed by atoms with Crippen molar-refractivity contribution in [2.75, 3.05) is 7.11 Å². The zero-order valence-electron chi connectivity index (χ0n) is 17.6. The van der Waals surface area contributed by atoms with Crippen LogP contribution < -0.4 is 4.74 Å². The number of nitroso groups, excluding NO2 is 1. The molecule has 5 atom stereocenters. The number of nitrogens with zero attached hydrogens (tertiary/aromatic N) is 2. The molecule has 0 amide bonds. The van der Waals surface area contributed by atoms with Crippen molar-refractivity contribution in [1.29, 1.82) is 0 Å². The zero-order valence-corrected chi connectivity index (χ0v) is 17.6. The lowest BCUT2D eigenvalue weighted by Crippen LogP contribution is -2.47. The van der Waals surface area contributed by atoms with Gasteiger partial charge in [-0.05, 0) is 67.4 Å². The third-order valence-electron chi connectivity index (χ3n) is 8.53. The molecule has 29 heavy (non-hydrogen) atoms. The third-order valence-corrected chi connectivity index (χ3v) is 8.53. The fourth-order valence-electron chi connectivity index (χ4n) is 6.88. The molecule has 2 fully saturated rings. The van der Waals surface area contributed by atoms with Crippen molar-refractivity contribution < 1.29 is 4.74 Å². The molecule has 4 aliphatic rings. The van der Waals surface area contributed by atoms with Gasteiger partial charge < -0.3 is 4.74 Å². The van der Waals surface area contributed by atoms with Crippen LogP contribution in [0.15, 0.2) is 53.0 Å². The first-order valence-electron chi connectivity index (χ1n) is 11.0. The van der Waals surface area contributed by atoms with Crippen molar-refractivity contribution >= 4 is 5.57 Å². The van der Waals surface area contributed by atoms with Gasteiger partial charge in [-0.1, -0.05) is 48.4 Å². The van der Waals surface area contributed by atoms with E-state index in [1.807, 2.05) is 6.20 Å². The number of pyridine rings is 1. The second-order valence-corrected chi connectivity index (χ2v) is 9.76. The van der Waals surface area contributed by atoms with E-state index >= 15 is 0 Å². The Hall–Kier alpha value is -2.23. The molecule has 0 N–H and O–H groups in total. The van der Waals surface area contributed by atoms with Crippen molar-refractivity contribution in [3.8, 4) is 5.75 Å². The predicted molar refractivity (Wildman–Crippen MR) is 115 cm³/mol. The fraction of sp³-hybridized carbons (Fsp3) is 0.560. The summed E-state index contributed by atoms with van der Waals surface area (Å²) in [7, 11) is 1.70. The van der Waals surface area contributed by atoms with Crippen LogP contribution in [0.25, 0.3) is 5.57 Å². The van der Waals surface area contributed by atoms with E-state index in [1.165, 1.54) is 36.0 Å². The molecule has 0 aromatic carbocycles. The summed E-state index contributed by atoms with van der Waals surface area (Å²) in [5, 5.41) is 3.33. The molecule has 4 nitrogen and oxygen atoms in total. The third kappa shape index (κ3) is 2.68. The summed E-state index contributed by atoms with van der Waals surface area (Å²) in [6.45, 7) is 4.88. The lowest BCUT2D eigenvalue weighted by Gasteiger charge is -2.56. The molecular weight excluding hydrogens is 360 g/mol. The normalized spacial score (nSPS) is 38.0. The summed E-state index contributed by atoms with van der Waals surface area (Å²) in [5.41, 5.74) is 6.00. The van der Waals surface area contributed by atoms with Gasteiger partial charge in [0, 0.05) is 17.2 Å². The molecule has 0 bridgehead atoms. The van der Waals surface area contributed by atoms with Crippen LogP contribution in [0.3, 0.4) is 0 Å². The van der Waals surface area contributed by atoms with E-state index in [2.05, 4.69) is 48.3 Å². The minimum absolute atomic E-state index is 0.0916. The standard InChI is InChI=1S/C25H30N2O2/c1-24-10-8-18(27-28)13-17(24)4-5-20-22-7-6-21(25(22,2)11-9-23(20)24)16-12-19(29-3)15-26-14-16/h6-7,12-15,18,20,23H,4-5,8-11H2,1-3H3/t18?,20-,23-,24-,25+/m0/s1. The summed E-state index contributed by atoms with van der Waals surface area (Å²) < 4.78 is 5.42. The van der Waals surface area contributed by atoms with E-state index in [-0.39, 0.29) is 16.9 Å². The number of ether oxygens (including phenoxy) is 1. The van der Waals surface area contributed by atoms with Crippen LogP contribution in [0.2, 0.25) is 0 Å². The highest BCUT2D eigenvalue weighted by Gasteiger charge is 2.54. The average Bonchev–Trinajstić information content (AvgIpc) is 3.10. The lowest BCUT2D eigenvalue weighted by molar-refractivity contribution is 0.0641. The summed E-state index contributed by atoms with van der Waals surface area (Å²) in [5.74, 6) is 2.12. The Labute approximate surface area is 173 Å². The molecular formula is C25H30N2O2. The van der Waals surface area contributed by atoms with E-state index in [4.69, 9.17) is 4.74 Å². The second-order valence-electron chi connectivity index (χ2n) is 9.76. The van der Waals surface area contributed by atoms with Gasteiger partial charge >= 0.3 is 0 Å². The van der Waals surface area contributed by atoms with Gasteiger partial charge in [0.25, 0.3) is 0 Å². The van der Waals surface area contributed by atoms with Crippen LogP contribution in [-0.4, -0.2) is 18.1 Å². The van der Waals surface area contributed by atoms with Gasteiger partial charge in [0.05, 0.1) is 13.3 Å². The highest BCUT2D eigenvalue weighted by Crippen LogP contribution is 2.65. The minimum atomic E-state index is -0.108. The summed E-state index contributed by atoms with van der Waals surface area (Å²) >= 11 is 0. The fourth-order valence-corrected chi connectivity index (χ4v) is 6.88. The molecule has 0 aliphatic heterocycles. The maximum absolute atomic E-state index is 11.1. The van der Waals surface area contributed by atoms with Crippen molar-refractivity contribution in [1.82, 2.24) is 4.98 Å².